The van der Waals surface area contributed by atoms with Gasteiger partial charge < -0.3 is 10.6 Å². The Balaban J connectivity index is 2.83. The molecule has 25 heavy (non-hydrogen) atoms. The standard InChI is InChI=1S/C17H26N4O4/c1-6-20(9-15(22)18-11(2)3)10-16(23)19-17-13(5)12(4)7-8-14(17)21(24)25/h7-8,11H,6,9-10H2,1-5H3,(H,18,22)(H,19,23). The maximum absolute atomic E-state index is 12.3. The van der Waals surface area contributed by atoms with Crippen molar-refractivity contribution < 1.29 is 14.5 Å². The first-order valence-corrected chi connectivity index (χ1v) is 8.21. The highest BCUT2D eigenvalue weighted by atomic mass is 16.6. The van der Waals surface area contributed by atoms with E-state index in [1.54, 1.807) is 17.9 Å². The smallest absolute Gasteiger partial charge is 0.293 e. The normalized spacial score (nSPS) is 10.8. The van der Waals surface area contributed by atoms with Crippen LogP contribution in [0.4, 0.5) is 11.4 Å². The van der Waals surface area contributed by atoms with E-state index in [0.29, 0.717) is 12.1 Å². The maximum atomic E-state index is 12.3. The molecule has 0 aliphatic rings. The first-order valence-electron chi connectivity index (χ1n) is 8.21. The topological polar surface area (TPSA) is 105 Å². The molecule has 0 saturated carbocycles. The molecule has 2 N–H and O–H groups in total. The lowest BCUT2D eigenvalue weighted by atomic mass is 10.1. The van der Waals surface area contributed by atoms with E-state index in [1.165, 1.54) is 6.07 Å². The van der Waals surface area contributed by atoms with E-state index in [4.69, 9.17) is 0 Å². The second-order valence-corrected chi connectivity index (χ2v) is 6.23. The van der Waals surface area contributed by atoms with Gasteiger partial charge >= 0.3 is 0 Å². The Morgan fingerprint density at radius 2 is 1.80 bits per heavy atom. The average molecular weight is 350 g/mol. The van der Waals surface area contributed by atoms with E-state index >= 15 is 0 Å². The molecular formula is C17H26N4O4. The predicted molar refractivity (Wildman–Crippen MR) is 96.6 cm³/mol. The van der Waals surface area contributed by atoms with E-state index in [-0.39, 0.29) is 36.4 Å². The van der Waals surface area contributed by atoms with Gasteiger partial charge in [0.25, 0.3) is 5.69 Å². The molecule has 0 aliphatic carbocycles. The highest BCUT2D eigenvalue weighted by Gasteiger charge is 2.21. The van der Waals surface area contributed by atoms with Crippen molar-refractivity contribution >= 4 is 23.2 Å². The van der Waals surface area contributed by atoms with Crippen molar-refractivity contribution in [2.24, 2.45) is 0 Å². The summed E-state index contributed by atoms with van der Waals surface area (Å²) in [5.41, 5.74) is 1.57. The van der Waals surface area contributed by atoms with Gasteiger partial charge in [0.2, 0.25) is 11.8 Å². The van der Waals surface area contributed by atoms with E-state index < -0.39 is 10.8 Å². The second kappa shape index (κ2) is 9.12. The summed E-state index contributed by atoms with van der Waals surface area (Å²) in [6.45, 7) is 9.70. The quantitative estimate of drug-likeness (QED) is 0.551. The van der Waals surface area contributed by atoms with Gasteiger partial charge in [-0.3, -0.25) is 24.6 Å². The Morgan fingerprint density at radius 1 is 1.20 bits per heavy atom. The summed E-state index contributed by atoms with van der Waals surface area (Å²) >= 11 is 0. The molecule has 0 heterocycles. The first-order chi connectivity index (χ1) is 11.6. The molecule has 138 valence electrons. The van der Waals surface area contributed by atoms with E-state index in [2.05, 4.69) is 10.6 Å². The van der Waals surface area contributed by atoms with Crippen LogP contribution >= 0.6 is 0 Å². The number of amides is 2. The highest BCUT2D eigenvalue weighted by molar-refractivity contribution is 5.96. The molecule has 1 aromatic rings. The van der Waals surface area contributed by atoms with Crippen LogP contribution < -0.4 is 10.6 Å². The lowest BCUT2D eigenvalue weighted by Gasteiger charge is -2.20. The van der Waals surface area contributed by atoms with Crippen LogP contribution in [-0.4, -0.2) is 47.3 Å². The SMILES string of the molecule is CCN(CC(=O)Nc1c([N+](=O)[O-])ccc(C)c1C)CC(=O)NC(C)C. The van der Waals surface area contributed by atoms with Crippen molar-refractivity contribution in [3.05, 3.63) is 33.4 Å². The first kappa shape index (κ1) is 20.6. The molecule has 0 spiro atoms. The minimum Gasteiger partial charge on any atom is -0.353 e. The molecule has 0 atom stereocenters. The van der Waals surface area contributed by atoms with Gasteiger partial charge in [-0.25, -0.2) is 0 Å². The Kier molecular flexibility index (Phi) is 7.50. The van der Waals surface area contributed by atoms with E-state index in [9.17, 15) is 19.7 Å². The third kappa shape index (κ3) is 6.15. The minimum atomic E-state index is -0.518. The van der Waals surface area contributed by atoms with Gasteiger partial charge in [0.15, 0.2) is 0 Å². The van der Waals surface area contributed by atoms with Gasteiger partial charge in [-0.15, -0.1) is 0 Å². The number of aryl methyl sites for hydroxylation is 1. The molecule has 0 unspecified atom stereocenters. The number of hydrogen-bond acceptors (Lipinski definition) is 5. The number of hydrogen-bond donors (Lipinski definition) is 2. The van der Waals surface area contributed by atoms with Crippen LogP contribution in [0.25, 0.3) is 0 Å². The summed E-state index contributed by atoms with van der Waals surface area (Å²) in [4.78, 5) is 36.5. The fourth-order valence-electron chi connectivity index (χ4n) is 2.34. The number of rotatable bonds is 8. The highest BCUT2D eigenvalue weighted by Crippen LogP contribution is 2.30. The number of likely N-dealkylation sites (N-methyl/N-ethyl adjacent to an activating group) is 1. The summed E-state index contributed by atoms with van der Waals surface area (Å²) in [7, 11) is 0. The van der Waals surface area contributed by atoms with Crippen molar-refractivity contribution in [3.8, 4) is 0 Å². The van der Waals surface area contributed by atoms with Crippen LogP contribution in [0.3, 0.4) is 0 Å². The Morgan fingerprint density at radius 3 is 2.32 bits per heavy atom. The van der Waals surface area contributed by atoms with Crippen LogP contribution in [0.5, 0.6) is 0 Å². The van der Waals surface area contributed by atoms with Crippen molar-refractivity contribution in [1.82, 2.24) is 10.2 Å². The van der Waals surface area contributed by atoms with Crippen LogP contribution in [0.15, 0.2) is 12.1 Å². The second-order valence-electron chi connectivity index (χ2n) is 6.23. The number of nitrogens with one attached hydrogen (secondary N) is 2. The zero-order chi connectivity index (χ0) is 19.1. The lowest BCUT2D eigenvalue weighted by Crippen LogP contribution is -2.42. The van der Waals surface area contributed by atoms with E-state index in [1.807, 2.05) is 27.7 Å². The minimum absolute atomic E-state index is 0.0213. The van der Waals surface area contributed by atoms with Crippen LogP contribution in [-0.2, 0) is 9.59 Å². The summed E-state index contributed by atoms with van der Waals surface area (Å²) < 4.78 is 0. The number of nitro benzene ring substituents is 1. The number of carbonyl (C=O) groups is 2. The van der Waals surface area contributed by atoms with Crippen molar-refractivity contribution in [2.75, 3.05) is 25.0 Å². The zero-order valence-electron chi connectivity index (χ0n) is 15.4. The number of nitro groups is 1. The van der Waals surface area contributed by atoms with Gasteiger partial charge in [-0.2, -0.15) is 0 Å². The van der Waals surface area contributed by atoms with Crippen molar-refractivity contribution in [2.45, 2.75) is 40.7 Å². The van der Waals surface area contributed by atoms with Gasteiger partial charge in [-0.1, -0.05) is 13.0 Å². The summed E-state index contributed by atoms with van der Waals surface area (Å²) in [5.74, 6) is -0.557. The van der Waals surface area contributed by atoms with Crippen molar-refractivity contribution in [1.29, 1.82) is 0 Å². The molecule has 1 aromatic carbocycles. The lowest BCUT2D eigenvalue weighted by molar-refractivity contribution is -0.384. The summed E-state index contributed by atoms with van der Waals surface area (Å²) in [5, 5.41) is 16.6. The Labute approximate surface area is 147 Å². The predicted octanol–water partition coefficient (Wildman–Crippen LogP) is 2.00. The van der Waals surface area contributed by atoms with Crippen LogP contribution in [0.1, 0.15) is 31.9 Å². The molecule has 0 fully saturated rings. The Bertz CT molecular complexity index is 658. The molecular weight excluding hydrogens is 324 g/mol. The maximum Gasteiger partial charge on any atom is 0.293 e. The molecule has 1 rings (SSSR count). The van der Waals surface area contributed by atoms with Gasteiger partial charge in [0.05, 0.1) is 18.0 Å². The zero-order valence-corrected chi connectivity index (χ0v) is 15.4. The third-order valence-electron chi connectivity index (χ3n) is 3.81. The molecule has 0 aromatic heterocycles. The number of nitrogens with zero attached hydrogens (tertiary/aromatic N) is 2. The van der Waals surface area contributed by atoms with Crippen LogP contribution in [0, 0.1) is 24.0 Å². The largest absolute Gasteiger partial charge is 0.353 e. The fraction of sp³-hybridized carbons (Fsp3) is 0.529. The molecule has 8 nitrogen and oxygen atoms in total. The summed E-state index contributed by atoms with van der Waals surface area (Å²) in [6, 6.07) is 3.06. The van der Waals surface area contributed by atoms with Gasteiger partial charge in [-0.05, 0) is 45.4 Å². The third-order valence-corrected chi connectivity index (χ3v) is 3.81. The average Bonchev–Trinajstić information content (AvgIpc) is 2.50. The Hall–Kier alpha value is -2.48. The molecule has 0 bridgehead atoms. The molecule has 0 saturated heterocycles. The van der Waals surface area contributed by atoms with Crippen LogP contribution in [0.2, 0.25) is 0 Å². The number of anilines is 1. The summed E-state index contributed by atoms with van der Waals surface area (Å²) in [6.07, 6.45) is 0. The molecule has 2 amide bonds. The monoisotopic (exact) mass is 350 g/mol. The van der Waals surface area contributed by atoms with Gasteiger partial charge in [0.1, 0.15) is 5.69 Å². The number of benzene rings is 1. The number of carbonyl (C=O) groups excluding carboxylic acids is 2. The van der Waals surface area contributed by atoms with E-state index in [0.717, 1.165) is 5.56 Å². The fourth-order valence-corrected chi connectivity index (χ4v) is 2.34. The molecule has 8 heteroatoms. The van der Waals surface area contributed by atoms with Gasteiger partial charge in [0, 0.05) is 12.1 Å². The molecule has 0 radical (unpaired) electrons. The van der Waals surface area contributed by atoms with Crippen molar-refractivity contribution in [3.63, 3.8) is 0 Å². The molecule has 0 aliphatic heterocycles.